The van der Waals surface area contributed by atoms with E-state index >= 15 is 0 Å². The Labute approximate surface area is 191 Å². The number of thioether (sulfide) groups is 1. The highest BCUT2D eigenvalue weighted by atomic mass is 32.2. The lowest BCUT2D eigenvalue weighted by Crippen LogP contribution is -2.24. The molecule has 4 rings (SSSR count). The number of nitrogens with one attached hydrogen (secondary N) is 1. The lowest BCUT2D eigenvalue weighted by atomic mass is 10.2. The summed E-state index contributed by atoms with van der Waals surface area (Å²) in [5.41, 5.74) is 1.38. The van der Waals surface area contributed by atoms with Crippen molar-refractivity contribution in [1.29, 1.82) is 0 Å². The number of anilines is 1. The topological polar surface area (TPSA) is 72.7 Å². The van der Waals surface area contributed by atoms with Crippen LogP contribution in [0.2, 0.25) is 0 Å². The van der Waals surface area contributed by atoms with Gasteiger partial charge in [-0.25, -0.2) is 13.2 Å². The summed E-state index contributed by atoms with van der Waals surface area (Å²) in [6.07, 6.45) is 3.30. The molecule has 0 spiro atoms. The smallest absolute Gasteiger partial charge is 0.237 e. The molecule has 1 atom stereocenters. The van der Waals surface area contributed by atoms with Crippen LogP contribution in [0.3, 0.4) is 0 Å². The first kappa shape index (κ1) is 22.5. The number of pyridine rings is 1. The number of amides is 1. The van der Waals surface area contributed by atoms with Crippen LogP contribution in [0, 0.1) is 17.5 Å². The van der Waals surface area contributed by atoms with Gasteiger partial charge in [-0.05, 0) is 36.8 Å². The van der Waals surface area contributed by atoms with Gasteiger partial charge in [0.1, 0.15) is 0 Å². The Kier molecular flexibility index (Phi) is 6.74. The lowest BCUT2D eigenvalue weighted by Gasteiger charge is -2.14. The third kappa shape index (κ3) is 5.06. The van der Waals surface area contributed by atoms with Gasteiger partial charge in [-0.3, -0.25) is 14.3 Å². The average molecular weight is 469 g/mol. The van der Waals surface area contributed by atoms with Crippen LogP contribution in [0.4, 0.5) is 18.9 Å². The number of carbonyl (C=O) groups is 1. The number of halogens is 3. The molecule has 10 heteroatoms. The first-order valence-electron chi connectivity index (χ1n) is 9.92. The first-order chi connectivity index (χ1) is 15.9. The minimum absolute atomic E-state index is 0.436. The zero-order valence-corrected chi connectivity index (χ0v) is 18.2. The standard InChI is InChI=1S/C23H18F3N5OS/c1-14(22(32)28-18-8-7-17(24)19(25)20(18)26)33-23-30-29-21(16-9-11-27-12-10-16)31(23)13-15-5-3-2-4-6-15/h2-12,14H,13H2,1H3,(H,28,32). The van der Waals surface area contributed by atoms with Gasteiger partial charge in [-0.15, -0.1) is 10.2 Å². The van der Waals surface area contributed by atoms with Crippen molar-refractivity contribution >= 4 is 23.4 Å². The molecular formula is C23H18F3N5OS. The lowest BCUT2D eigenvalue weighted by molar-refractivity contribution is -0.115. The van der Waals surface area contributed by atoms with Crippen molar-refractivity contribution in [2.24, 2.45) is 0 Å². The van der Waals surface area contributed by atoms with Gasteiger partial charge in [0, 0.05) is 18.0 Å². The highest BCUT2D eigenvalue weighted by Gasteiger charge is 2.23. The molecule has 0 saturated heterocycles. The highest BCUT2D eigenvalue weighted by Crippen LogP contribution is 2.29. The third-order valence-electron chi connectivity index (χ3n) is 4.78. The van der Waals surface area contributed by atoms with Gasteiger partial charge >= 0.3 is 0 Å². The van der Waals surface area contributed by atoms with E-state index in [0.29, 0.717) is 17.5 Å². The van der Waals surface area contributed by atoms with E-state index in [9.17, 15) is 18.0 Å². The molecule has 2 aromatic carbocycles. The summed E-state index contributed by atoms with van der Waals surface area (Å²) in [7, 11) is 0. The van der Waals surface area contributed by atoms with Crippen molar-refractivity contribution in [3.05, 3.63) is 90.0 Å². The second-order valence-electron chi connectivity index (χ2n) is 7.09. The van der Waals surface area contributed by atoms with E-state index in [2.05, 4.69) is 20.5 Å². The number of hydrogen-bond donors (Lipinski definition) is 1. The van der Waals surface area contributed by atoms with Gasteiger partial charge in [0.2, 0.25) is 5.91 Å². The minimum atomic E-state index is -1.64. The van der Waals surface area contributed by atoms with Crippen molar-refractivity contribution in [2.45, 2.75) is 23.9 Å². The SMILES string of the molecule is CC(Sc1nnc(-c2ccncc2)n1Cc1ccccc1)C(=O)Nc1ccc(F)c(F)c1F. The fourth-order valence-corrected chi connectivity index (χ4v) is 3.92. The molecule has 0 aliphatic carbocycles. The number of aromatic nitrogens is 4. The first-order valence-corrected chi connectivity index (χ1v) is 10.8. The Hall–Kier alpha value is -3.66. The maximum absolute atomic E-state index is 13.9. The summed E-state index contributed by atoms with van der Waals surface area (Å²) in [5.74, 6) is -4.41. The Bertz CT molecular complexity index is 1270. The zero-order chi connectivity index (χ0) is 23.4. The molecule has 2 heterocycles. The summed E-state index contributed by atoms with van der Waals surface area (Å²) in [6, 6.07) is 15.0. The largest absolute Gasteiger partial charge is 0.323 e. The quantitative estimate of drug-likeness (QED) is 0.307. The second-order valence-corrected chi connectivity index (χ2v) is 8.39. The fourth-order valence-electron chi connectivity index (χ4n) is 3.07. The van der Waals surface area contributed by atoms with Gasteiger partial charge in [0.05, 0.1) is 17.5 Å². The molecule has 1 amide bonds. The minimum Gasteiger partial charge on any atom is -0.323 e. The van der Waals surface area contributed by atoms with E-state index in [-0.39, 0.29) is 0 Å². The molecule has 1 unspecified atom stereocenters. The fraction of sp³-hybridized carbons (Fsp3) is 0.130. The second kappa shape index (κ2) is 9.86. The van der Waals surface area contributed by atoms with Gasteiger partial charge < -0.3 is 5.32 Å². The van der Waals surface area contributed by atoms with Crippen LogP contribution >= 0.6 is 11.8 Å². The van der Waals surface area contributed by atoms with Gasteiger partial charge in [0.15, 0.2) is 28.4 Å². The van der Waals surface area contributed by atoms with Crippen LogP contribution in [-0.2, 0) is 11.3 Å². The number of nitrogens with zero attached hydrogens (tertiary/aromatic N) is 4. The molecule has 4 aromatic rings. The van der Waals surface area contributed by atoms with Crippen LogP contribution in [0.1, 0.15) is 12.5 Å². The van der Waals surface area contributed by atoms with Crippen LogP contribution < -0.4 is 5.32 Å². The van der Waals surface area contributed by atoms with Crippen LogP contribution in [0.5, 0.6) is 0 Å². The van der Waals surface area contributed by atoms with E-state index in [0.717, 1.165) is 35.0 Å². The molecule has 0 aliphatic heterocycles. The molecule has 33 heavy (non-hydrogen) atoms. The monoisotopic (exact) mass is 469 g/mol. The Balaban J connectivity index is 1.58. The summed E-state index contributed by atoms with van der Waals surface area (Å²) in [4.78, 5) is 16.7. The number of rotatable bonds is 7. The molecule has 0 saturated carbocycles. The molecular weight excluding hydrogens is 451 g/mol. The van der Waals surface area contributed by atoms with Crippen LogP contribution in [0.25, 0.3) is 11.4 Å². The van der Waals surface area contributed by atoms with Gasteiger partial charge in [-0.2, -0.15) is 0 Å². The highest BCUT2D eigenvalue weighted by molar-refractivity contribution is 8.00. The predicted octanol–water partition coefficient (Wildman–Crippen LogP) is 4.93. The molecule has 6 nitrogen and oxygen atoms in total. The molecule has 0 bridgehead atoms. The molecule has 1 N–H and O–H groups in total. The summed E-state index contributed by atoms with van der Waals surface area (Å²) in [5, 5.41) is 10.6. The summed E-state index contributed by atoms with van der Waals surface area (Å²) < 4.78 is 42.5. The number of benzene rings is 2. The molecule has 0 aliphatic rings. The van der Waals surface area contributed by atoms with Gasteiger partial charge in [-0.1, -0.05) is 42.1 Å². The van der Waals surface area contributed by atoms with Crippen molar-refractivity contribution in [3.8, 4) is 11.4 Å². The maximum Gasteiger partial charge on any atom is 0.237 e. The zero-order valence-electron chi connectivity index (χ0n) is 17.4. The van der Waals surface area contributed by atoms with Crippen LogP contribution in [0.15, 0.2) is 72.1 Å². The summed E-state index contributed by atoms with van der Waals surface area (Å²) >= 11 is 1.12. The normalized spacial score (nSPS) is 11.9. The molecule has 0 radical (unpaired) electrons. The van der Waals surface area contributed by atoms with Crippen molar-refractivity contribution in [1.82, 2.24) is 19.7 Å². The average Bonchev–Trinajstić information content (AvgIpc) is 3.22. The van der Waals surface area contributed by atoms with E-state index in [1.54, 1.807) is 19.3 Å². The van der Waals surface area contributed by atoms with E-state index < -0.39 is 34.3 Å². The Morgan fingerprint density at radius 1 is 1.00 bits per heavy atom. The Morgan fingerprint density at radius 3 is 2.45 bits per heavy atom. The number of hydrogen-bond acceptors (Lipinski definition) is 5. The van der Waals surface area contributed by atoms with E-state index in [4.69, 9.17) is 0 Å². The summed E-state index contributed by atoms with van der Waals surface area (Å²) in [6.45, 7) is 2.06. The Morgan fingerprint density at radius 2 is 1.73 bits per heavy atom. The molecule has 168 valence electrons. The van der Waals surface area contributed by atoms with E-state index in [1.165, 1.54) is 0 Å². The molecule has 0 fully saturated rings. The number of carbonyl (C=O) groups excluding carboxylic acids is 1. The van der Waals surface area contributed by atoms with Crippen molar-refractivity contribution < 1.29 is 18.0 Å². The van der Waals surface area contributed by atoms with Crippen LogP contribution in [-0.4, -0.2) is 30.9 Å². The molecule has 2 aromatic heterocycles. The van der Waals surface area contributed by atoms with Gasteiger partial charge in [0.25, 0.3) is 0 Å². The maximum atomic E-state index is 13.9. The van der Waals surface area contributed by atoms with E-state index in [1.807, 2.05) is 47.0 Å². The third-order valence-corrected chi connectivity index (χ3v) is 5.86. The predicted molar refractivity (Wildman–Crippen MR) is 119 cm³/mol. The van der Waals surface area contributed by atoms with Crippen molar-refractivity contribution in [3.63, 3.8) is 0 Å². The van der Waals surface area contributed by atoms with Crippen molar-refractivity contribution in [2.75, 3.05) is 5.32 Å².